The minimum Gasteiger partial charge on any atom is -0.462 e. The Morgan fingerprint density at radius 1 is 1.40 bits per heavy atom. The van der Waals surface area contributed by atoms with Gasteiger partial charge in [-0.2, -0.15) is 0 Å². The van der Waals surface area contributed by atoms with Crippen LogP contribution in [0.3, 0.4) is 0 Å². The van der Waals surface area contributed by atoms with Crippen molar-refractivity contribution in [3.63, 3.8) is 0 Å². The van der Waals surface area contributed by atoms with E-state index in [2.05, 4.69) is 5.32 Å². The maximum atomic E-state index is 13.0. The number of hydrogen-bond donors (Lipinski definition) is 2. The van der Waals surface area contributed by atoms with Gasteiger partial charge in [0.15, 0.2) is 0 Å². The summed E-state index contributed by atoms with van der Waals surface area (Å²) in [5, 5.41) is 2.88. The topological polar surface area (TPSA) is 90.7 Å². The number of hydrogen-bond acceptors (Lipinski definition) is 5. The van der Waals surface area contributed by atoms with Crippen molar-refractivity contribution in [1.82, 2.24) is 0 Å². The van der Waals surface area contributed by atoms with E-state index in [4.69, 9.17) is 15.2 Å². The molecule has 136 valence electrons. The van der Waals surface area contributed by atoms with E-state index in [0.29, 0.717) is 17.9 Å². The third kappa shape index (κ3) is 2.73. The first-order valence-electron chi connectivity index (χ1n) is 8.81. The molecule has 2 aliphatic rings. The minimum absolute atomic E-state index is 0.0165. The number of benzene rings is 1. The zero-order chi connectivity index (χ0) is 18.2. The Morgan fingerprint density at radius 3 is 2.88 bits per heavy atom. The highest BCUT2D eigenvalue weighted by molar-refractivity contribution is 6.01. The first-order chi connectivity index (χ1) is 11.8. The van der Waals surface area contributed by atoms with Crippen LogP contribution in [0.4, 0.5) is 5.69 Å². The second-order valence-corrected chi connectivity index (χ2v) is 7.39. The lowest BCUT2D eigenvalue weighted by Gasteiger charge is -2.65. The molecule has 1 aliphatic heterocycles. The molecule has 1 amide bonds. The maximum absolute atomic E-state index is 13.0. The van der Waals surface area contributed by atoms with Crippen LogP contribution in [0, 0.1) is 11.3 Å². The lowest BCUT2D eigenvalue weighted by atomic mass is 9.46. The van der Waals surface area contributed by atoms with Gasteiger partial charge in [0.25, 0.3) is 0 Å². The zero-order valence-corrected chi connectivity index (χ0v) is 15.0. The van der Waals surface area contributed by atoms with Gasteiger partial charge < -0.3 is 20.5 Å². The Hall–Kier alpha value is -1.92. The summed E-state index contributed by atoms with van der Waals surface area (Å²) in [6.45, 7) is 6.74. The van der Waals surface area contributed by atoms with Crippen molar-refractivity contribution in [3.8, 4) is 0 Å². The van der Waals surface area contributed by atoms with Gasteiger partial charge in [0, 0.05) is 23.6 Å². The Morgan fingerprint density at radius 2 is 2.16 bits per heavy atom. The molecule has 1 aromatic carbocycles. The molecule has 0 radical (unpaired) electrons. The molecule has 3 N–H and O–H groups in total. The van der Waals surface area contributed by atoms with Gasteiger partial charge in [0.05, 0.1) is 18.3 Å². The van der Waals surface area contributed by atoms with Crippen LogP contribution >= 0.6 is 0 Å². The van der Waals surface area contributed by atoms with E-state index in [0.717, 1.165) is 19.4 Å². The lowest BCUT2D eigenvalue weighted by Crippen LogP contribution is -2.81. The summed E-state index contributed by atoms with van der Waals surface area (Å²) in [6.07, 6.45) is 1.82. The fourth-order valence-corrected chi connectivity index (χ4v) is 4.21. The van der Waals surface area contributed by atoms with Gasteiger partial charge in [-0.1, -0.05) is 19.9 Å². The number of carbonyl (C=O) groups excluding carboxylic acids is 2. The van der Waals surface area contributed by atoms with Crippen LogP contribution in [0.15, 0.2) is 24.3 Å². The maximum Gasteiger partial charge on any atom is 0.338 e. The van der Waals surface area contributed by atoms with E-state index in [9.17, 15) is 9.59 Å². The SMILES string of the molecule is CCOC(=O)c1cccc(NC(=O)C2(N)C3CCCOC3C2(C)C)c1. The van der Waals surface area contributed by atoms with Gasteiger partial charge >= 0.3 is 5.97 Å². The smallest absolute Gasteiger partial charge is 0.338 e. The normalized spacial score (nSPS) is 29.9. The fraction of sp³-hybridized carbons (Fsp3) is 0.579. The second-order valence-electron chi connectivity index (χ2n) is 7.39. The molecule has 1 saturated heterocycles. The van der Waals surface area contributed by atoms with E-state index in [-0.39, 0.29) is 17.9 Å². The number of anilines is 1. The van der Waals surface area contributed by atoms with E-state index >= 15 is 0 Å². The van der Waals surface area contributed by atoms with Crippen LogP contribution in [-0.4, -0.2) is 36.7 Å². The van der Waals surface area contributed by atoms with Crippen molar-refractivity contribution >= 4 is 17.6 Å². The number of rotatable bonds is 4. The molecule has 3 unspecified atom stereocenters. The first-order valence-corrected chi connectivity index (χ1v) is 8.81. The largest absolute Gasteiger partial charge is 0.462 e. The van der Waals surface area contributed by atoms with Crippen LogP contribution in [0.5, 0.6) is 0 Å². The van der Waals surface area contributed by atoms with Gasteiger partial charge in [0.1, 0.15) is 5.54 Å². The van der Waals surface area contributed by atoms with E-state index in [1.165, 1.54) is 0 Å². The summed E-state index contributed by atoms with van der Waals surface area (Å²) < 4.78 is 10.8. The van der Waals surface area contributed by atoms with E-state index in [1.54, 1.807) is 31.2 Å². The Balaban J connectivity index is 1.78. The van der Waals surface area contributed by atoms with Crippen molar-refractivity contribution in [2.24, 2.45) is 17.1 Å². The molecule has 6 nitrogen and oxygen atoms in total. The molecule has 2 fully saturated rings. The van der Waals surface area contributed by atoms with E-state index < -0.39 is 16.9 Å². The second kappa shape index (κ2) is 6.42. The molecule has 6 heteroatoms. The minimum atomic E-state index is -0.988. The van der Waals surface area contributed by atoms with Crippen LogP contribution in [0.1, 0.15) is 44.0 Å². The summed E-state index contributed by atoms with van der Waals surface area (Å²) in [5.74, 6) is -0.625. The number of fused-ring (bicyclic) bond motifs is 1. The van der Waals surface area contributed by atoms with Crippen LogP contribution in [0.2, 0.25) is 0 Å². The van der Waals surface area contributed by atoms with Crippen molar-refractivity contribution in [3.05, 3.63) is 29.8 Å². The third-order valence-corrected chi connectivity index (χ3v) is 5.69. The van der Waals surface area contributed by atoms with Crippen molar-refractivity contribution in [2.45, 2.75) is 45.3 Å². The summed E-state index contributed by atoms with van der Waals surface area (Å²) in [5.41, 5.74) is 6.10. The number of nitrogens with one attached hydrogen (secondary N) is 1. The lowest BCUT2D eigenvalue weighted by molar-refractivity contribution is -0.222. The number of esters is 1. The molecule has 3 atom stereocenters. The Labute approximate surface area is 148 Å². The Kier molecular flexibility index (Phi) is 4.60. The van der Waals surface area contributed by atoms with Crippen molar-refractivity contribution in [2.75, 3.05) is 18.5 Å². The molecule has 1 aliphatic carbocycles. The summed E-state index contributed by atoms with van der Waals surface area (Å²) >= 11 is 0. The molecular weight excluding hydrogens is 320 g/mol. The number of amides is 1. The zero-order valence-electron chi connectivity index (χ0n) is 15.0. The summed E-state index contributed by atoms with van der Waals surface area (Å²) in [6, 6.07) is 6.72. The third-order valence-electron chi connectivity index (χ3n) is 5.69. The molecule has 0 spiro atoms. The predicted molar refractivity (Wildman–Crippen MR) is 94.2 cm³/mol. The van der Waals surface area contributed by atoms with Crippen molar-refractivity contribution < 1.29 is 19.1 Å². The predicted octanol–water partition coefficient (Wildman–Crippen LogP) is 2.33. The molecule has 1 saturated carbocycles. The average Bonchev–Trinajstić information content (AvgIpc) is 2.61. The van der Waals surface area contributed by atoms with Gasteiger partial charge in [0.2, 0.25) is 5.91 Å². The number of nitrogens with two attached hydrogens (primary N) is 1. The highest BCUT2D eigenvalue weighted by Crippen LogP contribution is 2.57. The molecule has 1 heterocycles. The van der Waals surface area contributed by atoms with Gasteiger partial charge in [-0.15, -0.1) is 0 Å². The monoisotopic (exact) mass is 346 g/mol. The summed E-state index contributed by atoms with van der Waals surface area (Å²) in [7, 11) is 0. The quantitative estimate of drug-likeness (QED) is 0.817. The highest BCUT2D eigenvalue weighted by Gasteiger charge is 2.70. The fourth-order valence-electron chi connectivity index (χ4n) is 4.21. The van der Waals surface area contributed by atoms with E-state index in [1.807, 2.05) is 13.8 Å². The van der Waals surface area contributed by atoms with Gasteiger partial charge in [-0.25, -0.2) is 4.79 Å². The number of ether oxygens (including phenoxy) is 2. The Bertz CT molecular complexity index is 688. The van der Waals surface area contributed by atoms with Crippen molar-refractivity contribution in [1.29, 1.82) is 0 Å². The molecular formula is C19H26N2O4. The molecule has 1 aromatic rings. The first kappa shape index (κ1) is 17.9. The highest BCUT2D eigenvalue weighted by atomic mass is 16.5. The molecule has 25 heavy (non-hydrogen) atoms. The molecule has 0 aromatic heterocycles. The standard InChI is InChI=1S/C19H26N2O4/c1-4-24-16(22)12-7-5-8-13(11-12)21-17(23)19(20)14-9-6-10-25-15(14)18(19,2)3/h5,7-8,11,14-15H,4,6,9-10,20H2,1-3H3,(H,21,23). The van der Waals surface area contributed by atoms with Gasteiger partial charge in [-0.3, -0.25) is 4.79 Å². The van der Waals surface area contributed by atoms with Crippen LogP contribution < -0.4 is 11.1 Å². The van der Waals surface area contributed by atoms with Crippen LogP contribution in [-0.2, 0) is 14.3 Å². The molecule has 3 rings (SSSR count). The average molecular weight is 346 g/mol. The number of carbonyl (C=O) groups is 2. The van der Waals surface area contributed by atoms with Crippen LogP contribution in [0.25, 0.3) is 0 Å². The molecule has 0 bridgehead atoms. The summed E-state index contributed by atoms with van der Waals surface area (Å²) in [4.78, 5) is 24.8. The van der Waals surface area contributed by atoms with Gasteiger partial charge in [-0.05, 0) is 38.0 Å².